The van der Waals surface area contributed by atoms with Crippen molar-refractivity contribution in [1.82, 2.24) is 9.78 Å². The van der Waals surface area contributed by atoms with Crippen LogP contribution < -0.4 is 5.73 Å². The third-order valence-corrected chi connectivity index (χ3v) is 4.20. The molecule has 23 heavy (non-hydrogen) atoms. The lowest BCUT2D eigenvalue weighted by atomic mass is 10.0. The predicted octanol–water partition coefficient (Wildman–Crippen LogP) is 2.71. The van der Waals surface area contributed by atoms with E-state index in [9.17, 15) is 9.59 Å². The van der Waals surface area contributed by atoms with Gasteiger partial charge in [0.2, 0.25) is 5.78 Å². The molecule has 1 fully saturated rings. The molecule has 5 heteroatoms. The van der Waals surface area contributed by atoms with Gasteiger partial charge < -0.3 is 5.73 Å². The topological polar surface area (TPSA) is 78.0 Å². The maximum Gasteiger partial charge on any atom is 0.289 e. The summed E-state index contributed by atoms with van der Waals surface area (Å²) in [6, 6.07) is 13.6. The van der Waals surface area contributed by atoms with Gasteiger partial charge in [-0.2, -0.15) is 5.10 Å². The summed E-state index contributed by atoms with van der Waals surface area (Å²) in [4.78, 5) is 22.5. The molecule has 1 aliphatic carbocycles. The number of nitrogens with two attached hydrogens (primary N) is 1. The summed E-state index contributed by atoms with van der Waals surface area (Å²) in [5.74, 6) is -1.61. The van der Waals surface area contributed by atoms with Crippen LogP contribution in [-0.4, -0.2) is 21.5 Å². The molecule has 0 radical (unpaired) electrons. The van der Waals surface area contributed by atoms with Gasteiger partial charge in [0.05, 0.1) is 17.8 Å². The zero-order valence-corrected chi connectivity index (χ0v) is 12.4. The zero-order valence-electron chi connectivity index (χ0n) is 12.4. The molecule has 3 aromatic rings. The van der Waals surface area contributed by atoms with Crippen molar-refractivity contribution >= 4 is 22.6 Å². The first-order valence-corrected chi connectivity index (χ1v) is 7.55. The Hall–Kier alpha value is -2.95. The third-order valence-electron chi connectivity index (χ3n) is 4.20. The van der Waals surface area contributed by atoms with Gasteiger partial charge in [-0.3, -0.25) is 14.3 Å². The van der Waals surface area contributed by atoms with E-state index in [-0.39, 0.29) is 0 Å². The summed E-state index contributed by atoms with van der Waals surface area (Å²) in [6.45, 7) is 0. The Kier molecular flexibility index (Phi) is 3.01. The SMILES string of the molecule is NC(=O)C(=O)c1ccc(-c2ccc3cnn(C4CC4)c3c2)cc1. The minimum Gasteiger partial charge on any atom is -0.363 e. The fourth-order valence-electron chi connectivity index (χ4n) is 2.78. The van der Waals surface area contributed by atoms with E-state index < -0.39 is 11.7 Å². The minimum absolute atomic E-state index is 0.311. The van der Waals surface area contributed by atoms with Crippen LogP contribution in [0, 0.1) is 0 Å². The predicted molar refractivity (Wildman–Crippen MR) is 87.0 cm³/mol. The van der Waals surface area contributed by atoms with Gasteiger partial charge in [-0.05, 0) is 30.0 Å². The highest BCUT2D eigenvalue weighted by Crippen LogP contribution is 2.37. The number of aromatic nitrogens is 2. The fraction of sp³-hybridized carbons (Fsp3) is 0.167. The number of fused-ring (bicyclic) bond motifs is 1. The summed E-state index contributed by atoms with van der Waals surface area (Å²) < 4.78 is 2.09. The van der Waals surface area contributed by atoms with Gasteiger partial charge in [0, 0.05) is 10.9 Å². The molecule has 0 saturated heterocycles. The molecular formula is C18H15N3O2. The van der Waals surface area contributed by atoms with Crippen molar-refractivity contribution in [3.05, 3.63) is 54.2 Å². The average Bonchev–Trinajstić information content (AvgIpc) is 3.33. The van der Waals surface area contributed by atoms with Gasteiger partial charge in [-0.1, -0.05) is 36.4 Å². The third kappa shape index (κ3) is 2.40. The van der Waals surface area contributed by atoms with E-state index in [0.717, 1.165) is 22.0 Å². The number of carbonyl (C=O) groups is 2. The molecule has 0 unspecified atom stereocenters. The Morgan fingerprint density at radius 2 is 1.74 bits per heavy atom. The Morgan fingerprint density at radius 3 is 2.39 bits per heavy atom. The van der Waals surface area contributed by atoms with E-state index in [4.69, 9.17) is 5.73 Å². The standard InChI is InChI=1S/C18H15N3O2/c19-18(23)17(22)12-3-1-11(2-4-12)13-5-6-14-10-20-21(15-7-8-15)16(14)9-13/h1-6,9-10,15H,7-8H2,(H2,19,23). The second-order valence-electron chi connectivity index (χ2n) is 5.86. The highest BCUT2D eigenvalue weighted by atomic mass is 16.2. The molecule has 114 valence electrons. The lowest BCUT2D eigenvalue weighted by Crippen LogP contribution is -2.22. The quantitative estimate of drug-likeness (QED) is 0.594. The molecule has 0 aliphatic heterocycles. The Labute approximate surface area is 132 Å². The first kappa shape index (κ1) is 13.7. The summed E-state index contributed by atoms with van der Waals surface area (Å²) in [5, 5.41) is 5.60. The van der Waals surface area contributed by atoms with E-state index in [2.05, 4.69) is 21.9 Å². The van der Waals surface area contributed by atoms with E-state index in [0.29, 0.717) is 11.6 Å². The average molecular weight is 305 g/mol. The monoisotopic (exact) mass is 305 g/mol. The fourth-order valence-corrected chi connectivity index (χ4v) is 2.78. The molecule has 5 nitrogen and oxygen atoms in total. The van der Waals surface area contributed by atoms with Crippen LogP contribution in [0.2, 0.25) is 0 Å². The normalized spacial score (nSPS) is 14.1. The van der Waals surface area contributed by atoms with E-state index in [1.54, 1.807) is 12.1 Å². The number of hydrogen-bond acceptors (Lipinski definition) is 3. The van der Waals surface area contributed by atoms with E-state index in [1.165, 1.54) is 12.8 Å². The minimum atomic E-state index is -0.937. The van der Waals surface area contributed by atoms with Crippen LogP contribution in [0.1, 0.15) is 29.2 Å². The van der Waals surface area contributed by atoms with Crippen LogP contribution in [0.15, 0.2) is 48.7 Å². The van der Waals surface area contributed by atoms with Crippen molar-refractivity contribution in [2.24, 2.45) is 5.73 Å². The molecule has 0 atom stereocenters. The summed E-state index contributed by atoms with van der Waals surface area (Å²) in [6.07, 6.45) is 4.27. The van der Waals surface area contributed by atoms with Crippen LogP contribution in [-0.2, 0) is 4.79 Å². The lowest BCUT2D eigenvalue weighted by molar-refractivity contribution is -0.114. The maximum atomic E-state index is 11.6. The Balaban J connectivity index is 1.72. The van der Waals surface area contributed by atoms with Crippen molar-refractivity contribution in [3.63, 3.8) is 0 Å². The van der Waals surface area contributed by atoms with Gasteiger partial charge >= 0.3 is 0 Å². The largest absolute Gasteiger partial charge is 0.363 e. The smallest absolute Gasteiger partial charge is 0.289 e. The lowest BCUT2D eigenvalue weighted by Gasteiger charge is -2.05. The van der Waals surface area contributed by atoms with Crippen LogP contribution >= 0.6 is 0 Å². The molecule has 4 rings (SSSR count). The first-order valence-electron chi connectivity index (χ1n) is 7.55. The number of hydrogen-bond donors (Lipinski definition) is 1. The van der Waals surface area contributed by atoms with E-state index in [1.807, 2.05) is 24.4 Å². The number of primary amides is 1. The van der Waals surface area contributed by atoms with Crippen LogP contribution in [0.3, 0.4) is 0 Å². The summed E-state index contributed by atoms with van der Waals surface area (Å²) in [5.41, 5.74) is 8.49. The number of amides is 1. The molecule has 1 aromatic heterocycles. The van der Waals surface area contributed by atoms with Crippen LogP contribution in [0.5, 0.6) is 0 Å². The zero-order chi connectivity index (χ0) is 16.0. The number of carbonyl (C=O) groups excluding carboxylic acids is 2. The molecular weight excluding hydrogens is 290 g/mol. The van der Waals surface area contributed by atoms with Crippen LogP contribution in [0.4, 0.5) is 0 Å². The van der Waals surface area contributed by atoms with Gasteiger partial charge in [0.25, 0.3) is 5.91 Å². The van der Waals surface area contributed by atoms with Crippen LogP contribution in [0.25, 0.3) is 22.0 Å². The molecule has 1 saturated carbocycles. The molecule has 0 bridgehead atoms. The maximum absolute atomic E-state index is 11.6. The van der Waals surface area contributed by atoms with Gasteiger partial charge in [0.15, 0.2) is 0 Å². The van der Waals surface area contributed by atoms with Gasteiger partial charge in [-0.25, -0.2) is 0 Å². The van der Waals surface area contributed by atoms with Crippen molar-refractivity contribution in [2.75, 3.05) is 0 Å². The van der Waals surface area contributed by atoms with Gasteiger partial charge in [0.1, 0.15) is 0 Å². The Morgan fingerprint density at radius 1 is 1.04 bits per heavy atom. The van der Waals surface area contributed by atoms with Crippen molar-refractivity contribution in [3.8, 4) is 11.1 Å². The summed E-state index contributed by atoms with van der Waals surface area (Å²) >= 11 is 0. The number of benzene rings is 2. The first-order chi connectivity index (χ1) is 11.1. The number of Topliss-reactive ketones (excluding diaryl/α,β-unsaturated/α-hetero) is 1. The molecule has 1 aliphatic rings. The summed E-state index contributed by atoms with van der Waals surface area (Å²) in [7, 11) is 0. The van der Waals surface area contributed by atoms with Crippen molar-refractivity contribution in [1.29, 1.82) is 0 Å². The molecule has 2 aromatic carbocycles. The highest BCUT2D eigenvalue weighted by Gasteiger charge is 2.25. The molecule has 1 heterocycles. The molecule has 1 amide bonds. The van der Waals surface area contributed by atoms with Crippen molar-refractivity contribution < 1.29 is 9.59 Å². The Bertz CT molecular complexity index is 921. The number of nitrogens with zero attached hydrogens (tertiary/aromatic N) is 2. The van der Waals surface area contributed by atoms with E-state index >= 15 is 0 Å². The highest BCUT2D eigenvalue weighted by molar-refractivity contribution is 6.42. The number of ketones is 1. The molecule has 0 spiro atoms. The second kappa shape index (κ2) is 5.05. The van der Waals surface area contributed by atoms with Gasteiger partial charge in [-0.15, -0.1) is 0 Å². The van der Waals surface area contributed by atoms with Crippen molar-refractivity contribution in [2.45, 2.75) is 18.9 Å². The number of rotatable bonds is 4. The second-order valence-corrected chi connectivity index (χ2v) is 5.86. The molecule has 2 N–H and O–H groups in total.